The van der Waals surface area contributed by atoms with Gasteiger partial charge in [-0.3, -0.25) is 4.79 Å². The van der Waals surface area contributed by atoms with E-state index in [1.54, 1.807) is 0 Å². The summed E-state index contributed by atoms with van der Waals surface area (Å²) in [5.74, 6) is -2.54. The van der Waals surface area contributed by atoms with Crippen molar-refractivity contribution in [2.24, 2.45) is 0 Å². The van der Waals surface area contributed by atoms with Crippen molar-refractivity contribution < 1.29 is 26.7 Å². The number of nitrogens with zero attached hydrogens (tertiary/aromatic N) is 3. The molecule has 0 unspecified atom stereocenters. The van der Waals surface area contributed by atoms with E-state index >= 15 is 0 Å². The molecule has 32 heavy (non-hydrogen) atoms. The Labute approximate surface area is 181 Å². The van der Waals surface area contributed by atoms with E-state index in [9.17, 15) is 26.7 Å². The molecule has 0 fully saturated rings. The summed E-state index contributed by atoms with van der Waals surface area (Å²) in [5.41, 5.74) is -1.85. The molecular formula is C21H11ClF5N3O2. The highest BCUT2D eigenvalue weighted by atomic mass is 35.5. The molecule has 4 aromatic rings. The van der Waals surface area contributed by atoms with Gasteiger partial charge in [0.05, 0.1) is 23.8 Å². The van der Waals surface area contributed by atoms with Gasteiger partial charge in [-0.15, -0.1) is 0 Å². The molecule has 0 atom stereocenters. The smallest absolute Gasteiger partial charge is 0.421 e. The van der Waals surface area contributed by atoms with Crippen LogP contribution >= 0.6 is 11.6 Å². The number of rotatable bonds is 4. The largest absolute Gasteiger partial charge is 0.438 e. The van der Waals surface area contributed by atoms with E-state index in [-0.39, 0.29) is 33.8 Å². The van der Waals surface area contributed by atoms with Crippen LogP contribution in [0, 0.1) is 11.6 Å². The molecule has 5 nitrogen and oxygen atoms in total. The molecule has 2 aromatic carbocycles. The summed E-state index contributed by atoms with van der Waals surface area (Å²) in [6.07, 6.45) is -2.45. The third-order valence-electron chi connectivity index (χ3n) is 4.55. The van der Waals surface area contributed by atoms with Crippen molar-refractivity contribution in [3.63, 3.8) is 0 Å². The molecule has 0 aliphatic rings. The molecule has 2 aromatic heterocycles. The fourth-order valence-electron chi connectivity index (χ4n) is 3.07. The van der Waals surface area contributed by atoms with Gasteiger partial charge < -0.3 is 9.30 Å². The maximum absolute atomic E-state index is 14.2. The Hall–Kier alpha value is -3.53. The lowest BCUT2D eigenvalue weighted by molar-refractivity contribution is -0.138. The molecule has 164 valence electrons. The van der Waals surface area contributed by atoms with Gasteiger partial charge in [-0.25, -0.2) is 13.8 Å². The number of hydrogen-bond donors (Lipinski definition) is 0. The second-order valence-electron chi connectivity index (χ2n) is 6.66. The number of hydrogen-bond acceptors (Lipinski definition) is 4. The Balaban J connectivity index is 1.74. The minimum Gasteiger partial charge on any atom is -0.438 e. The van der Waals surface area contributed by atoms with Crippen molar-refractivity contribution >= 4 is 22.5 Å². The highest BCUT2D eigenvalue weighted by Crippen LogP contribution is 2.36. The lowest BCUT2D eigenvalue weighted by atomic mass is 10.1. The van der Waals surface area contributed by atoms with Crippen molar-refractivity contribution in [2.75, 3.05) is 0 Å². The Kier molecular flexibility index (Phi) is 5.55. The fourth-order valence-corrected chi connectivity index (χ4v) is 3.26. The number of benzene rings is 2. The molecular weight excluding hydrogens is 457 g/mol. The molecule has 0 aliphatic heterocycles. The van der Waals surface area contributed by atoms with Crippen molar-refractivity contribution in [1.82, 2.24) is 14.5 Å². The van der Waals surface area contributed by atoms with Crippen molar-refractivity contribution in [3.05, 3.63) is 93.1 Å². The minimum absolute atomic E-state index is 0.0238. The number of pyridine rings is 1. The first-order valence-electron chi connectivity index (χ1n) is 8.96. The van der Waals surface area contributed by atoms with Crippen LogP contribution < -0.4 is 10.3 Å². The quantitative estimate of drug-likeness (QED) is 0.368. The summed E-state index contributed by atoms with van der Waals surface area (Å²) >= 11 is 5.63. The predicted molar refractivity (Wildman–Crippen MR) is 106 cm³/mol. The number of alkyl halides is 3. The monoisotopic (exact) mass is 467 g/mol. The molecule has 2 heterocycles. The summed E-state index contributed by atoms with van der Waals surface area (Å²) in [6, 6.07) is 7.70. The first kappa shape index (κ1) is 21.7. The number of ether oxygens (including phenoxy) is 1. The van der Waals surface area contributed by atoms with E-state index in [1.807, 2.05) is 0 Å². The van der Waals surface area contributed by atoms with Crippen LogP contribution in [0.2, 0.25) is 5.02 Å². The van der Waals surface area contributed by atoms with Crippen molar-refractivity contribution in [3.8, 4) is 11.6 Å². The van der Waals surface area contributed by atoms with Gasteiger partial charge in [0.2, 0.25) is 5.88 Å². The van der Waals surface area contributed by atoms with Gasteiger partial charge in [-0.05, 0) is 42.5 Å². The zero-order chi connectivity index (χ0) is 23.0. The predicted octanol–water partition coefficient (Wildman–Crippen LogP) is 5.58. The van der Waals surface area contributed by atoms with Gasteiger partial charge in [0.25, 0.3) is 5.56 Å². The molecule has 0 spiro atoms. The van der Waals surface area contributed by atoms with Gasteiger partial charge in [0, 0.05) is 16.8 Å². The lowest BCUT2D eigenvalue weighted by Crippen LogP contribution is -2.14. The SMILES string of the molecule is O=c1ncn(Cc2c(F)cc(Cl)cc2F)c2ccc(Oc3ncccc3C(F)(F)F)cc12. The molecule has 0 saturated carbocycles. The Morgan fingerprint density at radius 1 is 1.03 bits per heavy atom. The normalized spacial score (nSPS) is 11.7. The lowest BCUT2D eigenvalue weighted by Gasteiger charge is -2.14. The Morgan fingerprint density at radius 3 is 2.44 bits per heavy atom. The second kappa shape index (κ2) is 8.19. The minimum atomic E-state index is -4.69. The fraction of sp³-hybridized carbons (Fsp3) is 0.0952. The second-order valence-corrected chi connectivity index (χ2v) is 7.10. The highest BCUT2D eigenvalue weighted by Gasteiger charge is 2.35. The van der Waals surface area contributed by atoms with E-state index in [2.05, 4.69) is 9.97 Å². The maximum atomic E-state index is 14.2. The van der Waals surface area contributed by atoms with Gasteiger partial charge in [0.1, 0.15) is 22.9 Å². The number of fused-ring (bicyclic) bond motifs is 1. The van der Waals surface area contributed by atoms with E-state index in [1.165, 1.54) is 22.8 Å². The summed E-state index contributed by atoms with van der Waals surface area (Å²) < 4.78 is 74.4. The molecule has 0 radical (unpaired) electrons. The van der Waals surface area contributed by atoms with E-state index in [4.69, 9.17) is 16.3 Å². The highest BCUT2D eigenvalue weighted by molar-refractivity contribution is 6.30. The molecule has 0 amide bonds. The first-order chi connectivity index (χ1) is 15.1. The topological polar surface area (TPSA) is 57.0 Å². The van der Waals surface area contributed by atoms with Crippen LogP contribution in [0.5, 0.6) is 11.6 Å². The zero-order valence-electron chi connectivity index (χ0n) is 15.8. The summed E-state index contributed by atoms with van der Waals surface area (Å²) in [7, 11) is 0. The molecule has 0 aliphatic carbocycles. The third kappa shape index (κ3) is 4.26. The van der Waals surface area contributed by atoms with Gasteiger partial charge in [-0.2, -0.15) is 18.2 Å². The zero-order valence-corrected chi connectivity index (χ0v) is 16.6. The Bertz CT molecular complexity index is 1370. The van der Waals surface area contributed by atoms with Crippen LogP contribution in [0.15, 0.2) is 59.8 Å². The Morgan fingerprint density at radius 2 is 1.75 bits per heavy atom. The van der Waals surface area contributed by atoms with Crippen LogP contribution in [-0.2, 0) is 12.7 Å². The number of halogens is 6. The van der Waals surface area contributed by atoms with E-state index < -0.39 is 34.8 Å². The third-order valence-corrected chi connectivity index (χ3v) is 4.77. The maximum Gasteiger partial charge on any atom is 0.421 e. The van der Waals surface area contributed by atoms with Crippen molar-refractivity contribution in [2.45, 2.75) is 12.7 Å². The molecule has 4 rings (SSSR count). The summed E-state index contributed by atoms with van der Waals surface area (Å²) in [4.78, 5) is 19.5. The van der Waals surface area contributed by atoms with E-state index in [0.717, 1.165) is 36.8 Å². The van der Waals surface area contributed by atoms with Gasteiger partial charge in [0.15, 0.2) is 0 Å². The van der Waals surface area contributed by atoms with Gasteiger partial charge >= 0.3 is 6.18 Å². The molecule has 0 N–H and O–H groups in total. The standard InChI is InChI=1S/C21H11ClF5N3O2/c22-11-6-16(23)14(17(24)7-11)9-30-10-29-19(31)13-8-12(3-4-18(13)30)32-20-15(21(25,26)27)2-1-5-28-20/h1-8,10H,9H2. The average molecular weight is 468 g/mol. The number of aromatic nitrogens is 3. The summed E-state index contributed by atoms with van der Waals surface area (Å²) in [6.45, 7) is -0.308. The summed E-state index contributed by atoms with van der Waals surface area (Å²) in [5, 5.41) is -0.134. The van der Waals surface area contributed by atoms with Crippen LogP contribution in [0.3, 0.4) is 0 Å². The average Bonchev–Trinajstić information content (AvgIpc) is 2.72. The van der Waals surface area contributed by atoms with Crippen LogP contribution in [0.4, 0.5) is 22.0 Å². The molecule has 11 heteroatoms. The molecule has 0 saturated heterocycles. The van der Waals surface area contributed by atoms with Crippen LogP contribution in [0.25, 0.3) is 10.9 Å². The van der Waals surface area contributed by atoms with Crippen LogP contribution in [-0.4, -0.2) is 14.5 Å². The first-order valence-corrected chi connectivity index (χ1v) is 9.34. The van der Waals surface area contributed by atoms with Crippen molar-refractivity contribution in [1.29, 1.82) is 0 Å². The van der Waals surface area contributed by atoms with E-state index in [0.29, 0.717) is 0 Å². The van der Waals surface area contributed by atoms with Gasteiger partial charge in [-0.1, -0.05) is 11.6 Å². The molecule has 0 bridgehead atoms. The van der Waals surface area contributed by atoms with Crippen LogP contribution in [0.1, 0.15) is 11.1 Å².